The first-order valence-electron chi connectivity index (χ1n) is 7.61. The molecular formula is C18H14BrClN4O. The number of fused-ring (bicyclic) bond motifs is 3. The van der Waals surface area contributed by atoms with Gasteiger partial charge in [0.2, 0.25) is 5.95 Å². The molecule has 2 N–H and O–H groups in total. The normalized spacial score (nSPS) is 11.3. The molecule has 0 saturated heterocycles. The van der Waals surface area contributed by atoms with E-state index < -0.39 is 0 Å². The minimum absolute atomic E-state index is 0.167. The van der Waals surface area contributed by atoms with Gasteiger partial charge in [-0.2, -0.15) is 4.98 Å². The molecular weight excluding hydrogens is 404 g/mol. The Labute approximate surface area is 157 Å². The van der Waals surface area contributed by atoms with Gasteiger partial charge in [0, 0.05) is 15.4 Å². The van der Waals surface area contributed by atoms with Crippen molar-refractivity contribution in [2.24, 2.45) is 0 Å². The van der Waals surface area contributed by atoms with Crippen molar-refractivity contribution >= 4 is 55.4 Å². The highest BCUT2D eigenvalue weighted by molar-refractivity contribution is 9.10. The molecule has 4 rings (SSSR count). The highest BCUT2D eigenvalue weighted by Crippen LogP contribution is 2.34. The second kappa shape index (κ2) is 6.20. The maximum Gasteiger partial charge on any atom is 0.222 e. The zero-order valence-electron chi connectivity index (χ0n) is 13.3. The number of hydrogen-bond donors (Lipinski definition) is 1. The van der Waals surface area contributed by atoms with Gasteiger partial charge in [0.25, 0.3) is 0 Å². The molecule has 0 aliphatic rings. The number of nitrogens with zero attached hydrogens (tertiary/aromatic N) is 3. The Hall–Kier alpha value is -2.31. The minimum atomic E-state index is 0.167. The fraction of sp³-hybridized carbons (Fsp3) is 0.111. The van der Waals surface area contributed by atoms with Crippen LogP contribution in [0.25, 0.3) is 21.9 Å². The van der Waals surface area contributed by atoms with E-state index in [1.807, 2.05) is 42.5 Å². The molecule has 4 aromatic rings. The molecule has 0 spiro atoms. The van der Waals surface area contributed by atoms with Gasteiger partial charge in [0.1, 0.15) is 16.8 Å². The summed E-state index contributed by atoms with van der Waals surface area (Å²) < 4.78 is 8.58. The molecule has 2 aromatic carbocycles. The van der Waals surface area contributed by atoms with Crippen LogP contribution < -0.4 is 10.5 Å². The van der Waals surface area contributed by atoms with Gasteiger partial charge in [-0.25, -0.2) is 4.98 Å². The quantitative estimate of drug-likeness (QED) is 0.493. The molecule has 2 aromatic heterocycles. The molecule has 0 aliphatic carbocycles. The smallest absolute Gasteiger partial charge is 0.222 e. The van der Waals surface area contributed by atoms with E-state index in [1.165, 1.54) is 0 Å². The molecule has 0 bridgehead atoms. The van der Waals surface area contributed by atoms with Crippen molar-refractivity contribution in [2.75, 3.05) is 12.8 Å². The number of hydrogen-bond acceptors (Lipinski definition) is 4. The van der Waals surface area contributed by atoms with E-state index in [0.29, 0.717) is 11.7 Å². The topological polar surface area (TPSA) is 66.0 Å². The molecule has 0 radical (unpaired) electrons. The number of ether oxygens (including phenoxy) is 1. The summed E-state index contributed by atoms with van der Waals surface area (Å²) in [5, 5.41) is 1.33. The summed E-state index contributed by atoms with van der Waals surface area (Å²) in [7, 11) is 1.66. The first kappa shape index (κ1) is 16.2. The number of anilines is 1. The van der Waals surface area contributed by atoms with Gasteiger partial charge in [-0.15, -0.1) is 0 Å². The third-order valence-electron chi connectivity index (χ3n) is 4.15. The van der Waals surface area contributed by atoms with Crippen molar-refractivity contribution in [1.29, 1.82) is 0 Å². The summed E-state index contributed by atoms with van der Waals surface area (Å²) in [5.74, 6) is 0.974. The summed E-state index contributed by atoms with van der Waals surface area (Å²) >= 11 is 9.94. The van der Waals surface area contributed by atoms with Gasteiger partial charge >= 0.3 is 0 Å². The van der Waals surface area contributed by atoms with Crippen LogP contribution in [0.2, 0.25) is 5.15 Å². The molecule has 0 unspecified atom stereocenters. The molecule has 0 fully saturated rings. The van der Waals surface area contributed by atoms with Gasteiger partial charge in [-0.1, -0.05) is 45.7 Å². The van der Waals surface area contributed by atoms with E-state index in [-0.39, 0.29) is 5.95 Å². The molecule has 7 heteroatoms. The van der Waals surface area contributed by atoms with E-state index in [1.54, 1.807) is 7.11 Å². The Bertz CT molecular complexity index is 1110. The van der Waals surface area contributed by atoms with E-state index in [0.717, 1.165) is 37.7 Å². The van der Waals surface area contributed by atoms with Crippen LogP contribution in [0.5, 0.6) is 5.75 Å². The summed E-state index contributed by atoms with van der Waals surface area (Å²) in [6, 6.07) is 13.9. The SMILES string of the molecule is COc1ccc(Br)cc1Cn1c2ccccc2c2nc(N)nc(Cl)c21. The molecule has 0 aliphatic heterocycles. The van der Waals surface area contributed by atoms with Crippen LogP contribution in [0.1, 0.15) is 5.56 Å². The summed E-state index contributed by atoms with van der Waals surface area (Å²) in [6.45, 7) is 0.569. The van der Waals surface area contributed by atoms with Crippen LogP contribution in [0.3, 0.4) is 0 Å². The molecule has 5 nitrogen and oxygen atoms in total. The maximum atomic E-state index is 6.42. The lowest BCUT2D eigenvalue weighted by Crippen LogP contribution is -2.03. The van der Waals surface area contributed by atoms with Crippen LogP contribution in [0, 0.1) is 0 Å². The van der Waals surface area contributed by atoms with E-state index in [4.69, 9.17) is 22.1 Å². The number of para-hydroxylation sites is 1. The highest BCUT2D eigenvalue weighted by atomic mass is 79.9. The second-order valence-electron chi connectivity index (χ2n) is 5.63. The van der Waals surface area contributed by atoms with Crippen LogP contribution in [0.4, 0.5) is 5.95 Å². The summed E-state index contributed by atoms with van der Waals surface area (Å²) in [6.07, 6.45) is 0. The van der Waals surface area contributed by atoms with Gasteiger partial charge in [0.05, 0.1) is 19.2 Å². The number of benzene rings is 2. The fourth-order valence-corrected chi connectivity index (χ4v) is 3.79. The Balaban J connectivity index is 2.02. The minimum Gasteiger partial charge on any atom is -0.496 e. The second-order valence-corrected chi connectivity index (χ2v) is 6.90. The van der Waals surface area contributed by atoms with Crippen molar-refractivity contribution in [3.05, 3.63) is 57.7 Å². The highest BCUT2D eigenvalue weighted by Gasteiger charge is 2.17. The third kappa shape index (κ3) is 2.71. The summed E-state index contributed by atoms with van der Waals surface area (Å²) in [4.78, 5) is 8.54. The van der Waals surface area contributed by atoms with Crippen LogP contribution in [-0.2, 0) is 6.54 Å². The molecule has 0 atom stereocenters. The first-order valence-corrected chi connectivity index (χ1v) is 8.78. The number of nitrogens with two attached hydrogens (primary N) is 1. The average molecular weight is 418 g/mol. The van der Waals surface area contributed by atoms with Gasteiger partial charge in [-0.05, 0) is 24.3 Å². The average Bonchev–Trinajstić information content (AvgIpc) is 2.90. The predicted molar refractivity (Wildman–Crippen MR) is 104 cm³/mol. The van der Waals surface area contributed by atoms with Gasteiger partial charge < -0.3 is 15.0 Å². The summed E-state index contributed by atoms with van der Waals surface area (Å²) in [5.41, 5.74) is 9.35. The van der Waals surface area contributed by atoms with E-state index in [2.05, 4.69) is 30.5 Å². The lowest BCUT2D eigenvalue weighted by Gasteiger charge is -2.12. The molecule has 126 valence electrons. The monoisotopic (exact) mass is 416 g/mol. The molecule has 2 heterocycles. The largest absolute Gasteiger partial charge is 0.496 e. The zero-order chi connectivity index (χ0) is 17.6. The first-order chi connectivity index (χ1) is 12.1. The maximum absolute atomic E-state index is 6.42. The van der Waals surface area contributed by atoms with Crippen molar-refractivity contribution in [2.45, 2.75) is 6.54 Å². The molecule has 0 amide bonds. The van der Waals surface area contributed by atoms with Crippen LogP contribution in [-0.4, -0.2) is 21.6 Å². The number of halogens is 2. The number of rotatable bonds is 3. The number of nitrogen functional groups attached to an aromatic ring is 1. The predicted octanol–water partition coefficient (Wildman–Crippen LogP) is 4.64. The van der Waals surface area contributed by atoms with E-state index in [9.17, 15) is 0 Å². The van der Waals surface area contributed by atoms with Crippen LogP contribution in [0.15, 0.2) is 46.9 Å². The Morgan fingerprint density at radius 1 is 1.20 bits per heavy atom. The standard InChI is InChI=1S/C18H14BrClN4O/c1-25-14-7-6-11(19)8-10(14)9-24-13-5-3-2-4-12(13)15-16(24)17(20)23-18(21)22-15/h2-8H,9H2,1H3,(H2,21,22,23). The van der Waals surface area contributed by atoms with Gasteiger partial charge in [-0.3, -0.25) is 0 Å². The molecule has 0 saturated carbocycles. The Morgan fingerprint density at radius 3 is 2.80 bits per heavy atom. The van der Waals surface area contributed by atoms with Crippen molar-refractivity contribution < 1.29 is 4.74 Å². The lowest BCUT2D eigenvalue weighted by atomic mass is 10.2. The Morgan fingerprint density at radius 2 is 2.00 bits per heavy atom. The van der Waals surface area contributed by atoms with E-state index >= 15 is 0 Å². The van der Waals surface area contributed by atoms with Gasteiger partial charge in [0.15, 0.2) is 5.15 Å². The Kier molecular flexibility index (Phi) is 4.01. The lowest BCUT2D eigenvalue weighted by molar-refractivity contribution is 0.408. The third-order valence-corrected chi connectivity index (χ3v) is 4.91. The molecule has 25 heavy (non-hydrogen) atoms. The van der Waals surface area contributed by atoms with Crippen molar-refractivity contribution in [1.82, 2.24) is 14.5 Å². The number of methoxy groups -OCH3 is 1. The van der Waals surface area contributed by atoms with Crippen molar-refractivity contribution in [3.63, 3.8) is 0 Å². The number of aromatic nitrogens is 3. The van der Waals surface area contributed by atoms with Crippen molar-refractivity contribution in [3.8, 4) is 5.75 Å². The van der Waals surface area contributed by atoms with Crippen LogP contribution >= 0.6 is 27.5 Å². The zero-order valence-corrected chi connectivity index (χ0v) is 15.7. The fourth-order valence-electron chi connectivity index (χ4n) is 3.11.